The Kier molecular flexibility index (Phi) is 2.84. The lowest BCUT2D eigenvalue weighted by Crippen LogP contribution is -2.06. The van der Waals surface area contributed by atoms with Gasteiger partial charge in [0.2, 0.25) is 0 Å². The summed E-state index contributed by atoms with van der Waals surface area (Å²) in [6, 6.07) is 3.01. The summed E-state index contributed by atoms with van der Waals surface area (Å²) in [5.74, 6) is 0. The topological polar surface area (TPSA) is 17.3 Å². The molecule has 0 aliphatic rings. The molecule has 0 fully saturated rings. The summed E-state index contributed by atoms with van der Waals surface area (Å²) in [5.41, 5.74) is -1.44. The number of pyridine rings is 1. The fraction of sp³-hybridized carbons (Fsp3) is 0.222. The van der Waals surface area contributed by atoms with Crippen molar-refractivity contribution in [1.82, 2.24) is 9.61 Å². The third-order valence-corrected chi connectivity index (χ3v) is 2.91. The molecule has 2 aromatic rings. The van der Waals surface area contributed by atoms with Crippen molar-refractivity contribution < 1.29 is 22.0 Å². The molecule has 0 atom stereocenters. The van der Waals surface area contributed by atoms with E-state index in [0.29, 0.717) is 0 Å². The zero-order valence-corrected chi connectivity index (χ0v) is 9.56. The average molecular weight is 315 g/mol. The Hall–Kier alpha value is -1.18. The molecule has 0 aromatic carbocycles. The number of nitrogens with zero attached hydrogens (tertiary/aromatic N) is 2. The molecule has 2 heterocycles. The predicted octanol–water partition coefficient (Wildman–Crippen LogP) is 4.05. The summed E-state index contributed by atoms with van der Waals surface area (Å²) in [6.45, 7) is 0. The molecule has 0 saturated carbocycles. The Morgan fingerprint density at radius 1 is 1.24 bits per heavy atom. The van der Waals surface area contributed by atoms with E-state index in [1.54, 1.807) is 0 Å². The van der Waals surface area contributed by atoms with E-state index in [-0.39, 0.29) is 10.1 Å². The maximum absolute atomic E-state index is 12.5. The first kappa shape index (κ1) is 12.3. The molecule has 0 aliphatic carbocycles. The van der Waals surface area contributed by atoms with E-state index in [4.69, 9.17) is 0 Å². The van der Waals surface area contributed by atoms with Crippen LogP contribution in [0.3, 0.4) is 0 Å². The van der Waals surface area contributed by atoms with Crippen LogP contribution in [0.15, 0.2) is 22.8 Å². The zero-order chi connectivity index (χ0) is 12.8. The van der Waals surface area contributed by atoms with Crippen molar-refractivity contribution in [3.8, 4) is 0 Å². The summed E-state index contributed by atoms with van der Waals surface area (Å²) in [6.07, 6.45) is -7.39. The maximum Gasteiger partial charge on any atom is 0.435 e. The zero-order valence-electron chi connectivity index (χ0n) is 7.97. The molecule has 0 spiro atoms. The van der Waals surface area contributed by atoms with E-state index < -0.39 is 23.9 Å². The fourth-order valence-corrected chi connectivity index (χ4v) is 1.93. The molecule has 2 aromatic heterocycles. The van der Waals surface area contributed by atoms with Crippen LogP contribution in [0.4, 0.5) is 22.0 Å². The minimum Gasteiger partial charge on any atom is -0.226 e. The van der Waals surface area contributed by atoms with Crippen molar-refractivity contribution in [3.05, 3.63) is 34.1 Å². The Labute approximate surface area is 100 Å². The Morgan fingerprint density at radius 3 is 2.41 bits per heavy atom. The van der Waals surface area contributed by atoms with Crippen LogP contribution in [0.5, 0.6) is 0 Å². The minimum absolute atomic E-state index is 0.0913. The van der Waals surface area contributed by atoms with Gasteiger partial charge in [-0.05, 0) is 34.1 Å². The van der Waals surface area contributed by atoms with E-state index in [9.17, 15) is 22.0 Å². The van der Waals surface area contributed by atoms with Crippen molar-refractivity contribution >= 4 is 21.4 Å². The highest BCUT2D eigenvalue weighted by atomic mass is 79.9. The molecule has 0 unspecified atom stereocenters. The van der Waals surface area contributed by atoms with Crippen molar-refractivity contribution in [2.75, 3.05) is 0 Å². The Balaban J connectivity index is 2.66. The predicted molar refractivity (Wildman–Crippen MR) is 52.9 cm³/mol. The number of rotatable bonds is 1. The van der Waals surface area contributed by atoms with Gasteiger partial charge in [0.15, 0.2) is 5.69 Å². The van der Waals surface area contributed by atoms with E-state index >= 15 is 0 Å². The molecule has 0 radical (unpaired) electrons. The van der Waals surface area contributed by atoms with Crippen LogP contribution in [0, 0.1) is 0 Å². The molecule has 0 N–H and O–H groups in total. The Morgan fingerprint density at radius 2 is 1.88 bits per heavy atom. The van der Waals surface area contributed by atoms with Gasteiger partial charge in [-0.15, -0.1) is 0 Å². The van der Waals surface area contributed by atoms with Crippen LogP contribution in [0.1, 0.15) is 17.7 Å². The number of fused-ring (bicyclic) bond motifs is 1. The van der Waals surface area contributed by atoms with Gasteiger partial charge in [-0.2, -0.15) is 18.3 Å². The number of hydrogen-bond donors (Lipinski definition) is 0. The normalized spacial score (nSPS) is 12.6. The van der Waals surface area contributed by atoms with Crippen LogP contribution >= 0.6 is 15.9 Å². The van der Waals surface area contributed by atoms with Gasteiger partial charge >= 0.3 is 6.18 Å². The van der Waals surface area contributed by atoms with Crippen LogP contribution in [-0.2, 0) is 6.18 Å². The smallest absolute Gasteiger partial charge is 0.226 e. The third-order valence-electron chi connectivity index (χ3n) is 2.12. The highest BCUT2D eigenvalue weighted by Crippen LogP contribution is 2.32. The van der Waals surface area contributed by atoms with Crippen LogP contribution < -0.4 is 0 Å². The van der Waals surface area contributed by atoms with E-state index in [0.717, 1.165) is 22.7 Å². The molecule has 2 rings (SSSR count). The highest BCUT2D eigenvalue weighted by Gasteiger charge is 2.34. The largest absolute Gasteiger partial charge is 0.435 e. The van der Waals surface area contributed by atoms with Gasteiger partial charge in [-0.25, -0.2) is 13.3 Å². The molecule has 2 nitrogen and oxygen atoms in total. The molecule has 0 bridgehead atoms. The van der Waals surface area contributed by atoms with Gasteiger partial charge in [-0.1, -0.05) is 0 Å². The van der Waals surface area contributed by atoms with E-state index in [2.05, 4.69) is 21.0 Å². The standard InChI is InChI=1S/C9H4BrF5N2/c10-7-5(8(11)12)2-1-4-3-6(9(13,14)15)16-17(4)7/h1-3,8H. The summed E-state index contributed by atoms with van der Waals surface area (Å²) in [4.78, 5) is 0. The second-order valence-corrected chi connectivity index (χ2v) is 4.00. The van der Waals surface area contributed by atoms with Gasteiger partial charge in [0.1, 0.15) is 4.60 Å². The summed E-state index contributed by atoms with van der Waals surface area (Å²) >= 11 is 2.82. The van der Waals surface area contributed by atoms with Gasteiger partial charge in [-0.3, -0.25) is 0 Å². The van der Waals surface area contributed by atoms with E-state index in [1.165, 1.54) is 0 Å². The monoisotopic (exact) mass is 314 g/mol. The maximum atomic E-state index is 12.5. The fourth-order valence-electron chi connectivity index (χ4n) is 1.34. The second-order valence-electron chi connectivity index (χ2n) is 3.24. The van der Waals surface area contributed by atoms with Crippen LogP contribution in [0.2, 0.25) is 0 Å². The Bertz CT molecular complexity index is 560. The third kappa shape index (κ3) is 2.13. The van der Waals surface area contributed by atoms with Crippen molar-refractivity contribution in [2.45, 2.75) is 12.6 Å². The first-order chi connectivity index (χ1) is 7.80. The summed E-state index contributed by atoms with van der Waals surface area (Å²) < 4.78 is 62.8. The molecule has 17 heavy (non-hydrogen) atoms. The summed E-state index contributed by atoms with van der Waals surface area (Å²) in [7, 11) is 0. The van der Waals surface area contributed by atoms with Gasteiger partial charge < -0.3 is 0 Å². The average Bonchev–Trinajstić information content (AvgIpc) is 2.61. The van der Waals surface area contributed by atoms with Gasteiger partial charge in [0, 0.05) is 0 Å². The van der Waals surface area contributed by atoms with Crippen LogP contribution in [-0.4, -0.2) is 9.61 Å². The molecular weight excluding hydrogens is 311 g/mol. The van der Waals surface area contributed by atoms with Crippen molar-refractivity contribution in [1.29, 1.82) is 0 Å². The van der Waals surface area contributed by atoms with Gasteiger partial charge in [0.25, 0.3) is 6.43 Å². The minimum atomic E-state index is -4.60. The molecule has 0 aliphatic heterocycles. The first-order valence-corrected chi connectivity index (χ1v) is 5.13. The lowest BCUT2D eigenvalue weighted by atomic mass is 10.3. The molecule has 92 valence electrons. The highest BCUT2D eigenvalue weighted by molar-refractivity contribution is 9.10. The quantitative estimate of drug-likeness (QED) is 0.573. The van der Waals surface area contributed by atoms with Crippen molar-refractivity contribution in [2.24, 2.45) is 0 Å². The molecular formula is C9H4BrF5N2. The van der Waals surface area contributed by atoms with Crippen molar-refractivity contribution in [3.63, 3.8) is 0 Å². The van der Waals surface area contributed by atoms with Gasteiger partial charge in [0.05, 0.1) is 11.1 Å². The molecule has 8 heteroatoms. The number of hydrogen-bond acceptors (Lipinski definition) is 1. The lowest BCUT2D eigenvalue weighted by molar-refractivity contribution is -0.141. The number of aromatic nitrogens is 2. The summed E-state index contributed by atoms with van der Waals surface area (Å²) in [5, 5.41) is 3.24. The number of alkyl halides is 5. The van der Waals surface area contributed by atoms with Crippen LogP contribution in [0.25, 0.3) is 5.52 Å². The molecule has 0 saturated heterocycles. The first-order valence-electron chi connectivity index (χ1n) is 4.34. The number of halogens is 6. The second kappa shape index (κ2) is 3.94. The van der Waals surface area contributed by atoms with E-state index in [1.807, 2.05) is 0 Å². The lowest BCUT2D eigenvalue weighted by Gasteiger charge is -2.04. The molecule has 0 amide bonds. The SMILES string of the molecule is FC(F)c1ccc2cc(C(F)(F)F)nn2c1Br.